The van der Waals surface area contributed by atoms with Crippen LogP contribution in [0.15, 0.2) is 18.5 Å². The lowest BCUT2D eigenvalue weighted by atomic mass is 9.95. The Balaban J connectivity index is 1.41. The molecule has 5 nitrogen and oxygen atoms in total. The summed E-state index contributed by atoms with van der Waals surface area (Å²) in [6.45, 7) is 7.50. The second-order valence-corrected chi connectivity index (χ2v) is 8.59. The largest absolute Gasteiger partial charge is 0.384 e. The van der Waals surface area contributed by atoms with Crippen LogP contribution in [0.25, 0.3) is 0 Å². The van der Waals surface area contributed by atoms with Crippen LogP contribution >= 0.6 is 11.3 Å². The first-order chi connectivity index (χ1) is 12.7. The van der Waals surface area contributed by atoms with Crippen molar-refractivity contribution in [1.82, 2.24) is 19.8 Å². The molecule has 0 amide bonds. The summed E-state index contributed by atoms with van der Waals surface area (Å²) in [7, 11) is 0. The van der Waals surface area contributed by atoms with Crippen molar-refractivity contribution in [3.8, 4) is 11.8 Å². The number of nitrogens with zero attached hydrogens (tertiary/aromatic N) is 3. The van der Waals surface area contributed by atoms with Gasteiger partial charge < -0.3 is 10.1 Å². The average molecular weight is 371 g/mol. The maximum atomic E-state index is 8.84. The van der Waals surface area contributed by atoms with Crippen molar-refractivity contribution < 1.29 is 5.11 Å². The van der Waals surface area contributed by atoms with Crippen molar-refractivity contribution in [2.75, 3.05) is 26.2 Å². The molecule has 3 aliphatic rings. The first kappa shape index (κ1) is 17.7. The molecule has 5 rings (SSSR count). The molecule has 5 heterocycles. The van der Waals surface area contributed by atoms with Crippen LogP contribution in [0.5, 0.6) is 0 Å². The molecule has 0 spiro atoms. The normalized spacial score (nSPS) is 23.6. The molecular formula is C20H26N4OS. The Morgan fingerprint density at radius 3 is 3.00 bits per heavy atom. The van der Waals surface area contributed by atoms with E-state index in [4.69, 9.17) is 5.11 Å². The van der Waals surface area contributed by atoms with E-state index in [0.29, 0.717) is 6.04 Å². The maximum absolute atomic E-state index is 8.84. The van der Waals surface area contributed by atoms with Gasteiger partial charge in [-0.15, -0.1) is 11.3 Å². The Morgan fingerprint density at radius 2 is 2.19 bits per heavy atom. The van der Waals surface area contributed by atoms with E-state index in [9.17, 15) is 0 Å². The molecule has 2 aromatic heterocycles. The fraction of sp³-hybridized carbons (Fsp3) is 0.550. The number of aryl methyl sites for hydroxylation is 1. The molecule has 26 heavy (non-hydrogen) atoms. The summed E-state index contributed by atoms with van der Waals surface area (Å²) in [5.41, 5.74) is 2.37. The predicted molar refractivity (Wildman–Crippen MR) is 104 cm³/mol. The predicted octanol–water partition coefficient (Wildman–Crippen LogP) is 2.22. The number of nitrogens with one attached hydrogen (secondary N) is 1. The molecule has 2 atom stereocenters. The zero-order chi connectivity index (χ0) is 17.9. The number of fused-ring (bicyclic) bond motifs is 4. The number of aliphatic hydroxyl groups is 1. The number of hydrogen-bond donors (Lipinski definition) is 2. The van der Waals surface area contributed by atoms with Crippen LogP contribution in [0.3, 0.4) is 0 Å². The summed E-state index contributed by atoms with van der Waals surface area (Å²) in [4.78, 5) is 15.4. The third-order valence-corrected chi connectivity index (χ3v) is 6.51. The maximum Gasteiger partial charge on any atom is 0.104 e. The fourth-order valence-electron chi connectivity index (χ4n) is 4.21. The monoisotopic (exact) mass is 370 g/mol. The molecule has 0 radical (unpaired) electrons. The first-order valence-electron chi connectivity index (χ1n) is 9.35. The van der Waals surface area contributed by atoms with Gasteiger partial charge in [-0.2, -0.15) is 0 Å². The highest BCUT2D eigenvalue weighted by Crippen LogP contribution is 2.31. The van der Waals surface area contributed by atoms with Gasteiger partial charge in [0.05, 0.1) is 16.9 Å². The number of imidazole rings is 1. The van der Waals surface area contributed by atoms with Gasteiger partial charge in [0.1, 0.15) is 6.61 Å². The molecule has 2 aromatic rings. The Hall–Kier alpha value is -1.65. The molecular weight excluding hydrogens is 344 g/mol. The van der Waals surface area contributed by atoms with Crippen LogP contribution in [-0.2, 0) is 13.1 Å². The standard InChI is InChI=1S/C20H26N4OS/c1-15-20(22-14-21-15)13-23-9-16-4-5-17(11-23)24(10-16)12-19-7-6-18(26-19)3-2-8-25/h6-7,14,16-17,25H,4-5,8-13H2,1H3,(H,21,22)/t16-,17+/m0/s1. The van der Waals surface area contributed by atoms with E-state index in [-0.39, 0.29) is 6.61 Å². The fourth-order valence-corrected chi connectivity index (χ4v) is 5.12. The number of piperidine rings is 1. The number of aromatic nitrogens is 2. The van der Waals surface area contributed by atoms with Crippen molar-refractivity contribution in [2.45, 2.75) is 38.9 Å². The quantitative estimate of drug-likeness (QED) is 0.811. The minimum absolute atomic E-state index is 0.0750. The van der Waals surface area contributed by atoms with Crippen LogP contribution in [0.4, 0.5) is 0 Å². The van der Waals surface area contributed by atoms with E-state index in [1.54, 1.807) is 17.7 Å². The second-order valence-electron chi connectivity index (χ2n) is 7.42. The lowest BCUT2D eigenvalue weighted by Gasteiger charge is -2.35. The summed E-state index contributed by atoms with van der Waals surface area (Å²) in [5.74, 6) is 6.51. The van der Waals surface area contributed by atoms with Crippen LogP contribution < -0.4 is 0 Å². The number of aliphatic hydroxyl groups excluding tert-OH is 1. The van der Waals surface area contributed by atoms with Gasteiger partial charge in [-0.1, -0.05) is 11.8 Å². The Bertz CT molecular complexity index is 802. The molecule has 3 aliphatic heterocycles. The highest BCUT2D eigenvalue weighted by molar-refractivity contribution is 7.12. The van der Waals surface area contributed by atoms with Crippen LogP contribution in [0.1, 0.15) is 34.0 Å². The minimum Gasteiger partial charge on any atom is -0.384 e. The Kier molecular flexibility index (Phi) is 5.41. The number of hydrogen-bond acceptors (Lipinski definition) is 5. The van der Waals surface area contributed by atoms with E-state index < -0.39 is 0 Å². The van der Waals surface area contributed by atoms with Gasteiger partial charge in [-0.25, -0.2) is 4.98 Å². The molecule has 138 valence electrons. The van der Waals surface area contributed by atoms with E-state index >= 15 is 0 Å². The summed E-state index contributed by atoms with van der Waals surface area (Å²) in [5, 5.41) is 8.84. The zero-order valence-electron chi connectivity index (χ0n) is 15.2. The van der Waals surface area contributed by atoms with Crippen LogP contribution in [-0.4, -0.2) is 57.2 Å². The van der Waals surface area contributed by atoms with Crippen molar-refractivity contribution in [3.05, 3.63) is 39.6 Å². The average Bonchev–Trinajstić information content (AvgIpc) is 3.14. The van der Waals surface area contributed by atoms with E-state index in [2.05, 4.69) is 50.7 Å². The molecule has 0 aromatic carbocycles. The van der Waals surface area contributed by atoms with Gasteiger partial charge in [0, 0.05) is 49.3 Å². The van der Waals surface area contributed by atoms with Crippen molar-refractivity contribution in [3.63, 3.8) is 0 Å². The summed E-state index contributed by atoms with van der Waals surface area (Å²) < 4.78 is 0. The smallest absolute Gasteiger partial charge is 0.104 e. The van der Waals surface area contributed by atoms with Gasteiger partial charge in [0.25, 0.3) is 0 Å². The number of H-pyrrole nitrogens is 1. The molecule has 3 fully saturated rings. The van der Waals surface area contributed by atoms with Gasteiger partial charge in [0.15, 0.2) is 0 Å². The molecule has 6 heteroatoms. The Labute approximate surface area is 159 Å². The molecule has 2 bridgehead atoms. The SMILES string of the molecule is Cc1[nH]cnc1CN1C[C@@H]2CC[C@H](C1)N(Cc1ccc(C#CCO)s1)C2. The van der Waals surface area contributed by atoms with E-state index in [0.717, 1.165) is 30.4 Å². The second kappa shape index (κ2) is 7.93. The van der Waals surface area contributed by atoms with Crippen molar-refractivity contribution >= 4 is 11.3 Å². The van der Waals surface area contributed by atoms with Gasteiger partial charge in [0.2, 0.25) is 0 Å². The molecule has 0 saturated carbocycles. The van der Waals surface area contributed by atoms with E-state index in [1.807, 2.05) is 0 Å². The lowest BCUT2D eigenvalue weighted by molar-refractivity contribution is 0.124. The third kappa shape index (κ3) is 4.02. The lowest BCUT2D eigenvalue weighted by Crippen LogP contribution is -2.43. The van der Waals surface area contributed by atoms with Crippen molar-refractivity contribution in [2.24, 2.45) is 5.92 Å². The molecule has 3 saturated heterocycles. The number of thiophene rings is 1. The van der Waals surface area contributed by atoms with Crippen LogP contribution in [0, 0.1) is 24.7 Å². The highest BCUT2D eigenvalue weighted by Gasteiger charge is 2.35. The minimum atomic E-state index is -0.0750. The van der Waals surface area contributed by atoms with Gasteiger partial charge in [-0.05, 0) is 37.8 Å². The van der Waals surface area contributed by atoms with Crippen molar-refractivity contribution in [1.29, 1.82) is 0 Å². The summed E-state index contributed by atoms with van der Waals surface area (Å²) in [6.07, 6.45) is 4.44. The Morgan fingerprint density at radius 1 is 1.27 bits per heavy atom. The zero-order valence-corrected chi connectivity index (χ0v) is 16.1. The summed E-state index contributed by atoms with van der Waals surface area (Å²) in [6, 6.07) is 4.89. The molecule has 0 aliphatic carbocycles. The number of rotatable bonds is 4. The topological polar surface area (TPSA) is 55.4 Å². The van der Waals surface area contributed by atoms with Gasteiger partial charge >= 0.3 is 0 Å². The third-order valence-electron chi connectivity index (χ3n) is 5.52. The van der Waals surface area contributed by atoms with E-state index in [1.165, 1.54) is 42.2 Å². The first-order valence-corrected chi connectivity index (χ1v) is 10.2. The van der Waals surface area contributed by atoms with Crippen LogP contribution in [0.2, 0.25) is 0 Å². The number of aromatic amines is 1. The molecule has 2 N–H and O–H groups in total. The summed E-state index contributed by atoms with van der Waals surface area (Å²) >= 11 is 1.75. The molecule has 0 unspecified atom stereocenters. The van der Waals surface area contributed by atoms with Gasteiger partial charge in [-0.3, -0.25) is 9.80 Å². The highest BCUT2D eigenvalue weighted by atomic mass is 32.1.